The van der Waals surface area contributed by atoms with Crippen LogP contribution in [-0.2, 0) is 0 Å². The molecule has 0 aliphatic heterocycles. The van der Waals surface area contributed by atoms with Gasteiger partial charge in [-0.2, -0.15) is 5.10 Å². The number of nitro groups is 1. The van der Waals surface area contributed by atoms with Crippen LogP contribution in [-0.4, -0.2) is 36.4 Å². The lowest BCUT2D eigenvalue weighted by atomic mass is 10.1. The van der Waals surface area contributed by atoms with E-state index in [1.807, 2.05) is 0 Å². The van der Waals surface area contributed by atoms with Crippen LogP contribution in [0.15, 0.2) is 58.0 Å². The molecule has 154 valence electrons. The third-order valence-corrected chi connectivity index (χ3v) is 4.10. The van der Waals surface area contributed by atoms with Gasteiger partial charge in [-0.1, -0.05) is 0 Å². The molecule has 1 aromatic heterocycles. The number of rotatable bonds is 7. The average Bonchev–Trinajstić information content (AvgIpc) is 3.21. The van der Waals surface area contributed by atoms with Crippen LogP contribution in [0.2, 0.25) is 0 Å². The normalized spacial score (nSPS) is 10.7. The number of amides is 1. The fourth-order valence-electron chi connectivity index (χ4n) is 2.61. The molecule has 0 unspecified atom stereocenters. The Labute approximate surface area is 170 Å². The first-order valence-corrected chi connectivity index (χ1v) is 8.56. The van der Waals surface area contributed by atoms with Gasteiger partial charge < -0.3 is 19.0 Å². The van der Waals surface area contributed by atoms with Crippen LogP contribution < -0.4 is 14.9 Å². The summed E-state index contributed by atoms with van der Waals surface area (Å²) >= 11 is 0. The Morgan fingerprint density at radius 1 is 1.17 bits per heavy atom. The Kier molecular flexibility index (Phi) is 5.97. The van der Waals surface area contributed by atoms with E-state index in [0.717, 1.165) is 0 Å². The standard InChI is InChI=1S/C20H17N3O7/c1-28-13-4-7-15(17(24)10-13)20(25)22-21-11-14-5-8-18(30-14)16-6-3-12(23(26)27)9-19(16)29-2/h3-11,24H,1-2H3,(H,22,25)/b21-11-. The third-order valence-electron chi connectivity index (χ3n) is 4.10. The number of non-ortho nitro benzene ring substituents is 1. The number of furan rings is 1. The summed E-state index contributed by atoms with van der Waals surface area (Å²) in [5, 5.41) is 24.6. The molecule has 2 N–H and O–H groups in total. The minimum Gasteiger partial charge on any atom is -0.507 e. The van der Waals surface area contributed by atoms with Gasteiger partial charge in [0.1, 0.15) is 28.8 Å². The first-order chi connectivity index (χ1) is 14.4. The number of methoxy groups -OCH3 is 2. The molecule has 3 aromatic rings. The largest absolute Gasteiger partial charge is 0.507 e. The second-order valence-electron chi connectivity index (χ2n) is 5.93. The molecule has 0 radical (unpaired) electrons. The molecular formula is C20H17N3O7. The Hall–Kier alpha value is -4.34. The summed E-state index contributed by atoms with van der Waals surface area (Å²) in [7, 11) is 2.85. The van der Waals surface area contributed by atoms with E-state index in [1.54, 1.807) is 12.1 Å². The maximum atomic E-state index is 12.1. The van der Waals surface area contributed by atoms with Crippen LogP contribution in [0, 0.1) is 10.1 Å². The van der Waals surface area contributed by atoms with E-state index in [9.17, 15) is 20.0 Å². The topological polar surface area (TPSA) is 136 Å². The second-order valence-corrected chi connectivity index (χ2v) is 5.93. The monoisotopic (exact) mass is 411 g/mol. The maximum absolute atomic E-state index is 12.1. The van der Waals surface area contributed by atoms with E-state index in [0.29, 0.717) is 22.8 Å². The lowest BCUT2D eigenvalue weighted by Gasteiger charge is -2.05. The van der Waals surface area contributed by atoms with Crippen molar-refractivity contribution in [2.45, 2.75) is 0 Å². The van der Waals surface area contributed by atoms with Gasteiger partial charge >= 0.3 is 0 Å². The number of nitrogens with zero attached hydrogens (tertiary/aromatic N) is 2. The van der Waals surface area contributed by atoms with Crippen molar-refractivity contribution in [3.8, 4) is 28.6 Å². The van der Waals surface area contributed by atoms with Gasteiger partial charge in [0.25, 0.3) is 11.6 Å². The van der Waals surface area contributed by atoms with Gasteiger partial charge in [-0.15, -0.1) is 0 Å². The lowest BCUT2D eigenvalue weighted by Crippen LogP contribution is -2.17. The number of ether oxygens (including phenoxy) is 2. The SMILES string of the molecule is COc1ccc(C(=O)N/N=C\c2ccc(-c3ccc([N+](=O)[O-])cc3OC)o2)c(O)c1. The predicted octanol–water partition coefficient (Wildman–Crippen LogP) is 3.34. The van der Waals surface area contributed by atoms with Crippen LogP contribution in [0.5, 0.6) is 17.2 Å². The van der Waals surface area contributed by atoms with Crippen molar-refractivity contribution >= 4 is 17.8 Å². The molecule has 1 amide bonds. The van der Waals surface area contributed by atoms with Crippen molar-refractivity contribution in [1.82, 2.24) is 5.43 Å². The van der Waals surface area contributed by atoms with E-state index in [1.165, 1.54) is 56.8 Å². The van der Waals surface area contributed by atoms with Crippen LogP contribution in [0.25, 0.3) is 11.3 Å². The summed E-state index contributed by atoms with van der Waals surface area (Å²) in [5.74, 6) is 0.567. The van der Waals surface area contributed by atoms with Crippen LogP contribution in [0.3, 0.4) is 0 Å². The van der Waals surface area contributed by atoms with E-state index < -0.39 is 10.8 Å². The van der Waals surface area contributed by atoms with Gasteiger partial charge in [0, 0.05) is 12.1 Å². The summed E-state index contributed by atoms with van der Waals surface area (Å²) in [6, 6.07) is 11.7. The molecule has 10 nitrogen and oxygen atoms in total. The maximum Gasteiger partial charge on any atom is 0.275 e. The van der Waals surface area contributed by atoms with Gasteiger partial charge in [0.2, 0.25) is 0 Å². The highest BCUT2D eigenvalue weighted by Gasteiger charge is 2.15. The Balaban J connectivity index is 1.72. The molecule has 0 aliphatic rings. The van der Waals surface area contributed by atoms with Gasteiger partial charge in [0.05, 0.1) is 42.6 Å². The number of benzene rings is 2. The summed E-state index contributed by atoms with van der Waals surface area (Å²) in [5.41, 5.74) is 2.74. The molecule has 2 aromatic carbocycles. The Morgan fingerprint density at radius 3 is 2.63 bits per heavy atom. The van der Waals surface area contributed by atoms with Gasteiger partial charge in [-0.25, -0.2) is 5.43 Å². The van der Waals surface area contributed by atoms with Crippen LogP contribution >= 0.6 is 0 Å². The van der Waals surface area contributed by atoms with Crippen molar-refractivity contribution in [2.24, 2.45) is 5.10 Å². The van der Waals surface area contributed by atoms with Crippen LogP contribution in [0.4, 0.5) is 5.69 Å². The Bertz CT molecular complexity index is 1120. The molecule has 0 saturated heterocycles. The molecule has 0 bridgehead atoms. The molecule has 0 saturated carbocycles. The summed E-state index contributed by atoms with van der Waals surface area (Å²) < 4.78 is 15.8. The second kappa shape index (κ2) is 8.78. The number of phenolic OH excluding ortho intramolecular Hbond substituents is 1. The van der Waals surface area contributed by atoms with Gasteiger partial charge in [0.15, 0.2) is 0 Å². The van der Waals surface area contributed by atoms with Gasteiger partial charge in [-0.3, -0.25) is 14.9 Å². The number of hydrogen-bond acceptors (Lipinski definition) is 8. The highest BCUT2D eigenvalue weighted by Crippen LogP contribution is 2.34. The van der Waals surface area contributed by atoms with Crippen molar-refractivity contribution in [3.05, 3.63) is 70.0 Å². The molecular weight excluding hydrogens is 394 g/mol. The van der Waals surface area contributed by atoms with Crippen molar-refractivity contribution < 1.29 is 28.7 Å². The number of hydrogen-bond donors (Lipinski definition) is 2. The number of carbonyl (C=O) groups is 1. The molecule has 1 heterocycles. The van der Waals surface area contributed by atoms with E-state index in [-0.39, 0.29) is 22.7 Å². The molecule has 0 aliphatic carbocycles. The fraction of sp³-hybridized carbons (Fsp3) is 0.100. The molecule has 0 fully saturated rings. The molecule has 10 heteroatoms. The smallest absolute Gasteiger partial charge is 0.275 e. The quantitative estimate of drug-likeness (QED) is 0.346. The average molecular weight is 411 g/mol. The van der Waals surface area contributed by atoms with Crippen molar-refractivity contribution in [2.75, 3.05) is 14.2 Å². The fourth-order valence-corrected chi connectivity index (χ4v) is 2.61. The molecule has 0 atom stereocenters. The number of phenols is 1. The highest BCUT2D eigenvalue weighted by atomic mass is 16.6. The number of nitrogens with one attached hydrogen (secondary N) is 1. The van der Waals surface area contributed by atoms with Crippen molar-refractivity contribution in [1.29, 1.82) is 0 Å². The summed E-state index contributed by atoms with van der Waals surface area (Å²) in [6.07, 6.45) is 1.28. The zero-order valence-electron chi connectivity index (χ0n) is 16.0. The minimum atomic E-state index is -0.616. The zero-order chi connectivity index (χ0) is 21.7. The predicted molar refractivity (Wildman–Crippen MR) is 107 cm³/mol. The minimum absolute atomic E-state index is 0.0312. The molecule has 30 heavy (non-hydrogen) atoms. The van der Waals surface area contributed by atoms with E-state index in [2.05, 4.69) is 10.5 Å². The first kappa shape index (κ1) is 20.4. The number of nitro benzene ring substituents is 1. The van der Waals surface area contributed by atoms with Gasteiger partial charge in [-0.05, 0) is 30.3 Å². The number of aromatic hydroxyl groups is 1. The highest BCUT2D eigenvalue weighted by molar-refractivity contribution is 5.97. The first-order valence-electron chi connectivity index (χ1n) is 8.56. The summed E-state index contributed by atoms with van der Waals surface area (Å²) in [4.78, 5) is 22.5. The number of carbonyl (C=O) groups excluding carboxylic acids is 1. The molecule has 0 spiro atoms. The van der Waals surface area contributed by atoms with E-state index in [4.69, 9.17) is 13.9 Å². The van der Waals surface area contributed by atoms with Crippen LogP contribution in [0.1, 0.15) is 16.1 Å². The lowest BCUT2D eigenvalue weighted by molar-refractivity contribution is -0.384. The number of hydrazone groups is 1. The zero-order valence-corrected chi connectivity index (χ0v) is 16.0. The summed E-state index contributed by atoms with van der Waals surface area (Å²) in [6.45, 7) is 0. The Morgan fingerprint density at radius 2 is 1.97 bits per heavy atom. The van der Waals surface area contributed by atoms with Crippen molar-refractivity contribution in [3.63, 3.8) is 0 Å². The third kappa shape index (κ3) is 4.38. The van der Waals surface area contributed by atoms with E-state index >= 15 is 0 Å². The molecule has 3 rings (SSSR count).